The van der Waals surface area contributed by atoms with Gasteiger partial charge in [0.25, 0.3) is 5.69 Å². The van der Waals surface area contributed by atoms with Crippen molar-refractivity contribution in [3.05, 3.63) is 33.6 Å². The van der Waals surface area contributed by atoms with E-state index in [0.29, 0.717) is 6.54 Å². The van der Waals surface area contributed by atoms with Crippen LogP contribution in [0.2, 0.25) is 0 Å². The molecule has 0 aromatic heterocycles. The molecule has 7 nitrogen and oxygen atoms in total. The second-order valence-corrected chi connectivity index (χ2v) is 6.22. The van der Waals surface area contributed by atoms with Gasteiger partial charge < -0.3 is 5.32 Å². The normalized spacial score (nSPS) is 11.6. The molecule has 2 N–H and O–H groups in total. The summed E-state index contributed by atoms with van der Waals surface area (Å²) in [6, 6.07) is 1.64. The number of halogens is 1. The Balaban J connectivity index is 2.91. The van der Waals surface area contributed by atoms with E-state index < -0.39 is 31.3 Å². The van der Waals surface area contributed by atoms with Crippen LogP contribution in [0.5, 0.6) is 0 Å². The molecule has 0 heterocycles. The summed E-state index contributed by atoms with van der Waals surface area (Å²) in [7, 11) is -3.98. The molecule has 0 spiro atoms. The van der Waals surface area contributed by atoms with Crippen LogP contribution in [0.3, 0.4) is 0 Å². The van der Waals surface area contributed by atoms with Crippen molar-refractivity contribution in [3.63, 3.8) is 0 Å². The third kappa shape index (κ3) is 4.73. The van der Waals surface area contributed by atoms with E-state index in [1.165, 1.54) is 6.92 Å². The van der Waals surface area contributed by atoms with Gasteiger partial charge in [0.2, 0.25) is 10.0 Å². The predicted molar refractivity (Wildman–Crippen MR) is 76.1 cm³/mol. The summed E-state index contributed by atoms with van der Waals surface area (Å²) in [5.74, 6) is -0.923. The highest BCUT2D eigenvalue weighted by Crippen LogP contribution is 2.25. The highest BCUT2D eigenvalue weighted by atomic mass is 32.2. The summed E-state index contributed by atoms with van der Waals surface area (Å²) in [5.41, 5.74) is -0.747. The molecule has 0 aliphatic carbocycles. The van der Waals surface area contributed by atoms with Crippen molar-refractivity contribution in [3.8, 4) is 0 Å². The summed E-state index contributed by atoms with van der Waals surface area (Å²) < 4.78 is 39.8. The smallest absolute Gasteiger partial charge is 0.276 e. The second kappa shape index (κ2) is 7.43. The number of rotatable bonds is 8. The van der Waals surface area contributed by atoms with Crippen molar-refractivity contribution in [1.82, 2.24) is 10.0 Å². The molecule has 118 valence electrons. The van der Waals surface area contributed by atoms with Gasteiger partial charge in [-0.1, -0.05) is 6.92 Å². The van der Waals surface area contributed by atoms with Crippen LogP contribution >= 0.6 is 0 Å². The van der Waals surface area contributed by atoms with Gasteiger partial charge in [0.05, 0.1) is 15.4 Å². The number of benzene rings is 1. The van der Waals surface area contributed by atoms with Crippen LogP contribution in [-0.4, -0.2) is 33.0 Å². The zero-order chi connectivity index (χ0) is 16.0. The number of nitro benzene ring substituents is 1. The Morgan fingerprint density at radius 1 is 1.29 bits per heavy atom. The zero-order valence-corrected chi connectivity index (χ0v) is 12.7. The number of nitrogens with zero attached hydrogens (tertiary/aromatic N) is 1. The van der Waals surface area contributed by atoms with E-state index in [4.69, 9.17) is 0 Å². The Morgan fingerprint density at radius 2 is 1.95 bits per heavy atom. The fourth-order valence-corrected chi connectivity index (χ4v) is 2.71. The average Bonchev–Trinajstić information content (AvgIpc) is 2.40. The van der Waals surface area contributed by atoms with Crippen LogP contribution in [-0.2, 0) is 10.0 Å². The molecule has 0 atom stereocenters. The van der Waals surface area contributed by atoms with Gasteiger partial charge in [0, 0.05) is 19.2 Å². The van der Waals surface area contributed by atoms with E-state index in [0.717, 1.165) is 25.1 Å². The first kappa shape index (κ1) is 17.5. The highest BCUT2D eigenvalue weighted by molar-refractivity contribution is 7.89. The van der Waals surface area contributed by atoms with Gasteiger partial charge in [0.15, 0.2) is 0 Å². The quantitative estimate of drug-likeness (QED) is 0.427. The number of nitro groups is 1. The molecule has 0 saturated heterocycles. The minimum Gasteiger partial charge on any atom is -0.315 e. The Bertz CT molecular complexity index is 619. The molecule has 0 unspecified atom stereocenters. The maximum absolute atomic E-state index is 13.6. The van der Waals surface area contributed by atoms with E-state index in [2.05, 4.69) is 10.0 Å². The van der Waals surface area contributed by atoms with E-state index in [-0.39, 0.29) is 12.1 Å². The van der Waals surface area contributed by atoms with Gasteiger partial charge in [-0.2, -0.15) is 0 Å². The fourth-order valence-electron chi connectivity index (χ4n) is 1.64. The second-order valence-electron chi connectivity index (χ2n) is 4.45. The summed E-state index contributed by atoms with van der Waals surface area (Å²) in [5, 5.41) is 13.8. The van der Waals surface area contributed by atoms with Crippen LogP contribution < -0.4 is 10.0 Å². The monoisotopic (exact) mass is 319 g/mol. The molecule has 1 aromatic carbocycles. The number of hydrogen-bond acceptors (Lipinski definition) is 5. The Kier molecular flexibility index (Phi) is 6.19. The lowest BCUT2D eigenvalue weighted by Crippen LogP contribution is -2.32. The van der Waals surface area contributed by atoms with Crippen molar-refractivity contribution in [1.29, 1.82) is 0 Å². The third-order valence-electron chi connectivity index (χ3n) is 2.82. The summed E-state index contributed by atoms with van der Waals surface area (Å²) in [6.07, 6.45) is 0.919. The van der Waals surface area contributed by atoms with Crippen molar-refractivity contribution >= 4 is 15.7 Å². The van der Waals surface area contributed by atoms with Gasteiger partial charge in [-0.3, -0.25) is 10.1 Å². The standard InChI is InChI=1S/C12H18FN3O4S/c1-3-4-14-5-6-15-21(19,20)10-7-11(13)9(2)12(8-10)16(17)18/h7-8,14-15H,3-6H2,1-2H3. The van der Waals surface area contributed by atoms with E-state index in [1.807, 2.05) is 6.92 Å². The van der Waals surface area contributed by atoms with Crippen molar-refractivity contribution in [2.45, 2.75) is 25.2 Å². The van der Waals surface area contributed by atoms with Gasteiger partial charge in [0.1, 0.15) is 5.82 Å². The Hall–Kier alpha value is -1.58. The molecule has 0 fully saturated rings. The first-order valence-corrected chi connectivity index (χ1v) is 7.92. The minimum atomic E-state index is -3.98. The Labute approximate surface area is 122 Å². The molecule has 0 amide bonds. The highest BCUT2D eigenvalue weighted by Gasteiger charge is 2.22. The van der Waals surface area contributed by atoms with Gasteiger partial charge in [-0.05, 0) is 26.0 Å². The third-order valence-corrected chi connectivity index (χ3v) is 4.26. The molecule has 1 rings (SSSR count). The lowest BCUT2D eigenvalue weighted by Gasteiger charge is -2.08. The molecule has 0 aliphatic rings. The SMILES string of the molecule is CCCNCCNS(=O)(=O)c1cc(F)c(C)c([N+](=O)[O-])c1. The van der Waals surface area contributed by atoms with E-state index in [9.17, 15) is 22.9 Å². The van der Waals surface area contributed by atoms with E-state index in [1.54, 1.807) is 0 Å². The number of nitrogens with one attached hydrogen (secondary N) is 2. The van der Waals surface area contributed by atoms with Gasteiger partial charge in [-0.25, -0.2) is 17.5 Å². The predicted octanol–water partition coefficient (Wildman–Crippen LogP) is 1.32. The van der Waals surface area contributed by atoms with Gasteiger partial charge >= 0.3 is 0 Å². The first-order valence-electron chi connectivity index (χ1n) is 6.44. The van der Waals surface area contributed by atoms with Crippen molar-refractivity contribution < 1.29 is 17.7 Å². The largest absolute Gasteiger partial charge is 0.315 e. The molecular formula is C12H18FN3O4S. The molecule has 0 radical (unpaired) electrons. The van der Waals surface area contributed by atoms with Gasteiger partial charge in [-0.15, -0.1) is 0 Å². The maximum Gasteiger partial charge on any atom is 0.276 e. The molecule has 0 aliphatic heterocycles. The van der Waals surface area contributed by atoms with Crippen LogP contribution in [0.4, 0.5) is 10.1 Å². The fraction of sp³-hybridized carbons (Fsp3) is 0.500. The van der Waals surface area contributed by atoms with Crippen molar-refractivity contribution in [2.75, 3.05) is 19.6 Å². The molecule has 9 heteroatoms. The lowest BCUT2D eigenvalue weighted by molar-refractivity contribution is -0.385. The molecule has 1 aromatic rings. The minimum absolute atomic E-state index is 0.117. The number of sulfonamides is 1. The summed E-state index contributed by atoms with van der Waals surface area (Å²) >= 11 is 0. The molecule has 0 bridgehead atoms. The Morgan fingerprint density at radius 3 is 2.52 bits per heavy atom. The zero-order valence-electron chi connectivity index (χ0n) is 11.8. The van der Waals surface area contributed by atoms with Crippen LogP contribution in [0, 0.1) is 22.9 Å². The molecular weight excluding hydrogens is 301 g/mol. The van der Waals surface area contributed by atoms with Crippen LogP contribution in [0.1, 0.15) is 18.9 Å². The summed E-state index contributed by atoms with van der Waals surface area (Å²) in [6.45, 7) is 4.50. The maximum atomic E-state index is 13.6. The number of hydrogen-bond donors (Lipinski definition) is 2. The van der Waals surface area contributed by atoms with Crippen LogP contribution in [0.25, 0.3) is 0 Å². The average molecular weight is 319 g/mol. The van der Waals surface area contributed by atoms with Crippen LogP contribution in [0.15, 0.2) is 17.0 Å². The summed E-state index contributed by atoms with van der Waals surface area (Å²) in [4.78, 5) is 9.54. The first-order chi connectivity index (χ1) is 9.79. The lowest BCUT2D eigenvalue weighted by atomic mass is 10.2. The molecule has 21 heavy (non-hydrogen) atoms. The topological polar surface area (TPSA) is 101 Å². The van der Waals surface area contributed by atoms with E-state index >= 15 is 0 Å². The molecule has 0 saturated carbocycles. The van der Waals surface area contributed by atoms with Crippen molar-refractivity contribution in [2.24, 2.45) is 0 Å².